The predicted octanol–water partition coefficient (Wildman–Crippen LogP) is 1.51. The van der Waals surface area contributed by atoms with E-state index in [2.05, 4.69) is 5.32 Å². The van der Waals surface area contributed by atoms with E-state index in [0.29, 0.717) is 17.2 Å². The summed E-state index contributed by atoms with van der Waals surface area (Å²) >= 11 is 0. The largest absolute Gasteiger partial charge is 0.397 e. The van der Waals surface area contributed by atoms with Gasteiger partial charge in [0, 0.05) is 28.7 Å². The van der Waals surface area contributed by atoms with Gasteiger partial charge >= 0.3 is 0 Å². The standard InChI is InChI=1S/C11H15FN2O2S/c1-2-17(16)6-5-11(15)14-10-4-3-8(12)7-9(10)13/h3-4,7H,2,5-6,13H2,1H3,(H,14,15). The Morgan fingerprint density at radius 1 is 1.53 bits per heavy atom. The van der Waals surface area contributed by atoms with E-state index >= 15 is 0 Å². The molecule has 94 valence electrons. The number of carbonyl (C=O) groups is 1. The molecule has 0 saturated carbocycles. The van der Waals surface area contributed by atoms with Crippen LogP contribution < -0.4 is 11.1 Å². The first-order valence-corrected chi connectivity index (χ1v) is 6.71. The first kappa shape index (κ1) is 13.6. The van der Waals surface area contributed by atoms with Crippen molar-refractivity contribution in [3.8, 4) is 0 Å². The van der Waals surface area contributed by atoms with Crippen LogP contribution >= 0.6 is 0 Å². The second-order valence-electron chi connectivity index (χ2n) is 3.46. The van der Waals surface area contributed by atoms with Gasteiger partial charge in [0.1, 0.15) is 5.82 Å². The molecule has 0 aliphatic rings. The van der Waals surface area contributed by atoms with Gasteiger partial charge in [-0.3, -0.25) is 9.00 Å². The molecule has 17 heavy (non-hydrogen) atoms. The molecule has 0 saturated heterocycles. The third-order valence-corrected chi connectivity index (χ3v) is 3.47. The molecule has 1 atom stereocenters. The summed E-state index contributed by atoms with van der Waals surface area (Å²) in [5.74, 6) is 0.132. The number of benzene rings is 1. The molecule has 0 aliphatic heterocycles. The maximum atomic E-state index is 12.8. The van der Waals surface area contributed by atoms with Crippen molar-refractivity contribution in [1.82, 2.24) is 0 Å². The number of nitrogens with two attached hydrogens (primary N) is 1. The number of anilines is 2. The van der Waals surface area contributed by atoms with Gasteiger partial charge in [0.05, 0.1) is 11.4 Å². The molecule has 6 heteroatoms. The van der Waals surface area contributed by atoms with Crippen LogP contribution in [0.25, 0.3) is 0 Å². The lowest BCUT2D eigenvalue weighted by Crippen LogP contribution is -2.16. The number of hydrogen-bond acceptors (Lipinski definition) is 3. The monoisotopic (exact) mass is 258 g/mol. The van der Waals surface area contributed by atoms with E-state index in [0.717, 1.165) is 6.07 Å². The zero-order chi connectivity index (χ0) is 12.8. The summed E-state index contributed by atoms with van der Waals surface area (Å²) in [6.07, 6.45) is 0.164. The Hall–Kier alpha value is -1.43. The summed E-state index contributed by atoms with van der Waals surface area (Å²) in [6.45, 7) is 1.80. The van der Waals surface area contributed by atoms with Crippen molar-refractivity contribution in [2.75, 3.05) is 22.6 Å². The smallest absolute Gasteiger partial charge is 0.225 e. The lowest BCUT2D eigenvalue weighted by molar-refractivity contribution is -0.115. The third-order valence-electron chi connectivity index (χ3n) is 2.17. The molecule has 0 aliphatic carbocycles. The molecule has 0 fully saturated rings. The fourth-order valence-corrected chi connectivity index (χ4v) is 1.91. The van der Waals surface area contributed by atoms with E-state index in [9.17, 15) is 13.4 Å². The van der Waals surface area contributed by atoms with E-state index in [1.165, 1.54) is 12.1 Å². The number of nitrogen functional groups attached to an aromatic ring is 1. The number of rotatable bonds is 5. The molecule has 3 N–H and O–H groups in total. The maximum Gasteiger partial charge on any atom is 0.225 e. The average molecular weight is 258 g/mol. The van der Waals surface area contributed by atoms with Crippen molar-refractivity contribution >= 4 is 28.1 Å². The SMILES string of the molecule is CCS(=O)CCC(=O)Nc1ccc(F)cc1N. The van der Waals surface area contributed by atoms with Gasteiger partial charge in [-0.2, -0.15) is 0 Å². The molecule has 1 amide bonds. The van der Waals surface area contributed by atoms with Crippen LogP contribution in [0.4, 0.5) is 15.8 Å². The minimum absolute atomic E-state index is 0.164. The van der Waals surface area contributed by atoms with Crippen molar-refractivity contribution in [3.05, 3.63) is 24.0 Å². The molecule has 0 heterocycles. The highest BCUT2D eigenvalue weighted by molar-refractivity contribution is 7.84. The zero-order valence-electron chi connectivity index (χ0n) is 9.53. The van der Waals surface area contributed by atoms with Crippen LogP contribution in [0.5, 0.6) is 0 Å². The van der Waals surface area contributed by atoms with Gasteiger partial charge in [-0.1, -0.05) is 6.92 Å². The van der Waals surface area contributed by atoms with E-state index in [4.69, 9.17) is 5.73 Å². The van der Waals surface area contributed by atoms with Crippen LogP contribution in [0.15, 0.2) is 18.2 Å². The Balaban J connectivity index is 2.53. The van der Waals surface area contributed by atoms with Crippen molar-refractivity contribution in [3.63, 3.8) is 0 Å². The summed E-state index contributed by atoms with van der Waals surface area (Å²) in [5.41, 5.74) is 6.09. The zero-order valence-corrected chi connectivity index (χ0v) is 10.3. The third kappa shape index (κ3) is 4.52. The van der Waals surface area contributed by atoms with Gasteiger partial charge < -0.3 is 11.1 Å². The first-order chi connectivity index (χ1) is 8.02. The van der Waals surface area contributed by atoms with Crippen LogP contribution in [0.3, 0.4) is 0 Å². The topological polar surface area (TPSA) is 72.2 Å². The Labute approximate surface area is 102 Å². The molecule has 0 bridgehead atoms. The van der Waals surface area contributed by atoms with Gasteiger partial charge in [0.2, 0.25) is 5.91 Å². The Morgan fingerprint density at radius 3 is 2.82 bits per heavy atom. The predicted molar refractivity (Wildman–Crippen MR) is 67.6 cm³/mol. The van der Waals surface area contributed by atoms with Gasteiger partial charge in [-0.05, 0) is 18.2 Å². The highest BCUT2D eigenvalue weighted by Gasteiger charge is 2.07. The second kappa shape index (κ2) is 6.34. The van der Waals surface area contributed by atoms with Gasteiger partial charge in [0.25, 0.3) is 0 Å². The number of nitrogens with one attached hydrogen (secondary N) is 1. The van der Waals surface area contributed by atoms with Gasteiger partial charge in [-0.25, -0.2) is 4.39 Å². The number of carbonyl (C=O) groups excluding carboxylic acids is 1. The minimum atomic E-state index is -0.967. The molecule has 1 unspecified atom stereocenters. The lowest BCUT2D eigenvalue weighted by Gasteiger charge is -2.07. The summed E-state index contributed by atoms with van der Waals surface area (Å²) in [7, 11) is -0.967. The van der Waals surface area contributed by atoms with Crippen molar-refractivity contribution in [2.45, 2.75) is 13.3 Å². The quantitative estimate of drug-likeness (QED) is 0.786. The lowest BCUT2D eigenvalue weighted by atomic mass is 10.2. The Morgan fingerprint density at radius 2 is 2.24 bits per heavy atom. The van der Waals surface area contributed by atoms with Crippen molar-refractivity contribution < 1.29 is 13.4 Å². The van der Waals surface area contributed by atoms with E-state index < -0.39 is 16.6 Å². The second-order valence-corrected chi connectivity index (χ2v) is 5.33. The summed E-state index contributed by atoms with van der Waals surface area (Å²) in [6, 6.07) is 3.76. The number of amides is 1. The molecule has 1 aromatic carbocycles. The molecule has 4 nitrogen and oxygen atoms in total. The highest BCUT2D eigenvalue weighted by Crippen LogP contribution is 2.19. The van der Waals surface area contributed by atoms with Gasteiger partial charge in [-0.15, -0.1) is 0 Å². The molecular formula is C11H15FN2O2S. The number of halogens is 1. The normalized spacial score (nSPS) is 12.1. The molecule has 0 spiro atoms. The van der Waals surface area contributed by atoms with Crippen LogP contribution in [0, 0.1) is 5.82 Å². The Bertz CT molecular complexity index is 437. The number of hydrogen-bond donors (Lipinski definition) is 2. The minimum Gasteiger partial charge on any atom is -0.397 e. The van der Waals surface area contributed by atoms with Crippen LogP contribution in [-0.4, -0.2) is 21.6 Å². The summed E-state index contributed by atoms with van der Waals surface area (Å²) < 4.78 is 23.9. The maximum absolute atomic E-state index is 12.8. The summed E-state index contributed by atoms with van der Waals surface area (Å²) in [4.78, 5) is 11.5. The Kier molecular flexibility index (Phi) is 5.09. The molecule has 0 aromatic heterocycles. The van der Waals surface area contributed by atoms with E-state index in [1.807, 2.05) is 0 Å². The first-order valence-electron chi connectivity index (χ1n) is 5.22. The van der Waals surface area contributed by atoms with Crippen molar-refractivity contribution in [2.24, 2.45) is 0 Å². The van der Waals surface area contributed by atoms with Crippen LogP contribution in [-0.2, 0) is 15.6 Å². The highest BCUT2D eigenvalue weighted by atomic mass is 32.2. The molecular weight excluding hydrogens is 243 g/mol. The summed E-state index contributed by atoms with van der Waals surface area (Å²) in [5, 5.41) is 2.55. The van der Waals surface area contributed by atoms with Crippen LogP contribution in [0.1, 0.15) is 13.3 Å². The van der Waals surface area contributed by atoms with Gasteiger partial charge in [0.15, 0.2) is 0 Å². The molecule has 1 rings (SSSR count). The molecule has 0 radical (unpaired) electrons. The van der Waals surface area contributed by atoms with Crippen LogP contribution in [0.2, 0.25) is 0 Å². The van der Waals surface area contributed by atoms with E-state index in [1.54, 1.807) is 6.92 Å². The molecule has 1 aromatic rings. The van der Waals surface area contributed by atoms with E-state index in [-0.39, 0.29) is 18.0 Å². The fraction of sp³-hybridized carbons (Fsp3) is 0.364. The fourth-order valence-electron chi connectivity index (χ4n) is 1.21. The average Bonchev–Trinajstić information content (AvgIpc) is 2.29. The van der Waals surface area contributed by atoms with Crippen molar-refractivity contribution in [1.29, 1.82) is 0 Å².